The van der Waals surface area contributed by atoms with Crippen molar-refractivity contribution in [3.8, 4) is 5.75 Å². The van der Waals surface area contributed by atoms with Crippen molar-refractivity contribution >= 4 is 24.0 Å². The quantitative estimate of drug-likeness (QED) is 0.638. The van der Waals surface area contributed by atoms with Crippen LogP contribution >= 0.6 is 12.4 Å². The average molecular weight is 319 g/mol. The molecule has 0 radical (unpaired) electrons. The summed E-state index contributed by atoms with van der Waals surface area (Å²) < 4.78 is 15.4. The predicted molar refractivity (Wildman–Crippen MR) is 84.2 cm³/mol. The molecule has 1 aromatic rings. The highest BCUT2D eigenvalue weighted by Crippen LogP contribution is 2.15. The minimum absolute atomic E-state index is 0. The van der Waals surface area contributed by atoms with Gasteiger partial charge in [0.2, 0.25) is 5.91 Å². The minimum atomic E-state index is -0.0851. The second-order valence-corrected chi connectivity index (χ2v) is 4.06. The normalized spacial score (nSPS) is 9.81. The van der Waals surface area contributed by atoms with Crippen LogP contribution < -0.4 is 15.8 Å². The molecular formula is C14H23ClN2O4. The number of ether oxygens (including phenoxy) is 3. The molecule has 0 aliphatic carbocycles. The number of halogens is 1. The van der Waals surface area contributed by atoms with E-state index in [9.17, 15) is 4.79 Å². The fourth-order valence-corrected chi connectivity index (χ4v) is 1.44. The maximum absolute atomic E-state index is 11.6. The van der Waals surface area contributed by atoms with Crippen LogP contribution in [0, 0.1) is 0 Å². The van der Waals surface area contributed by atoms with E-state index in [0.717, 1.165) is 11.4 Å². The highest BCUT2D eigenvalue weighted by atomic mass is 35.5. The fourth-order valence-electron chi connectivity index (χ4n) is 1.44. The number of hydrogen-bond acceptors (Lipinski definition) is 5. The van der Waals surface area contributed by atoms with Gasteiger partial charge in [-0.25, -0.2) is 0 Å². The van der Waals surface area contributed by atoms with E-state index in [4.69, 9.17) is 19.9 Å². The van der Waals surface area contributed by atoms with Gasteiger partial charge in [0.25, 0.3) is 0 Å². The molecule has 3 N–H and O–H groups in total. The molecule has 0 aromatic heterocycles. The Morgan fingerprint density at radius 2 is 1.86 bits per heavy atom. The zero-order valence-corrected chi connectivity index (χ0v) is 13.0. The molecule has 0 unspecified atom stereocenters. The van der Waals surface area contributed by atoms with Crippen molar-refractivity contribution in [3.63, 3.8) is 0 Å². The highest BCUT2D eigenvalue weighted by Gasteiger charge is 2.02. The van der Waals surface area contributed by atoms with Gasteiger partial charge in [0.1, 0.15) is 12.4 Å². The summed E-state index contributed by atoms with van der Waals surface area (Å²) in [4.78, 5) is 11.6. The SMILES string of the molecule is COCCOCCC(=O)Nc1ccc(OCCN)cc1.Cl. The first-order valence-electron chi connectivity index (χ1n) is 6.55. The standard InChI is InChI=1S/C14H22N2O4.ClH/c1-18-10-11-19-8-6-14(17)16-12-2-4-13(5-3-12)20-9-7-15;/h2-5H,6-11,15H2,1H3,(H,16,17);1H. The van der Waals surface area contributed by atoms with Gasteiger partial charge in [-0.2, -0.15) is 0 Å². The number of benzene rings is 1. The number of nitrogens with one attached hydrogen (secondary N) is 1. The van der Waals surface area contributed by atoms with Crippen molar-refractivity contribution in [2.45, 2.75) is 6.42 Å². The van der Waals surface area contributed by atoms with Crippen LogP contribution in [0.5, 0.6) is 5.75 Å². The van der Waals surface area contributed by atoms with Gasteiger partial charge in [0.05, 0.1) is 26.2 Å². The van der Waals surface area contributed by atoms with Gasteiger partial charge in [-0.15, -0.1) is 12.4 Å². The number of anilines is 1. The predicted octanol–water partition coefficient (Wildman–Crippen LogP) is 1.44. The number of methoxy groups -OCH3 is 1. The molecule has 21 heavy (non-hydrogen) atoms. The Bertz CT molecular complexity index is 387. The van der Waals surface area contributed by atoms with E-state index in [1.165, 1.54) is 0 Å². The Morgan fingerprint density at radius 3 is 2.48 bits per heavy atom. The molecule has 1 rings (SSSR count). The summed E-state index contributed by atoms with van der Waals surface area (Å²) in [6.07, 6.45) is 0.315. The third-order valence-electron chi connectivity index (χ3n) is 2.43. The molecule has 0 saturated heterocycles. The van der Waals surface area contributed by atoms with Crippen molar-refractivity contribution in [2.75, 3.05) is 45.4 Å². The molecule has 0 fully saturated rings. The molecule has 0 heterocycles. The third-order valence-corrected chi connectivity index (χ3v) is 2.43. The molecule has 0 bridgehead atoms. The van der Waals surface area contributed by atoms with Gasteiger partial charge in [-0.05, 0) is 24.3 Å². The Labute approximate surface area is 131 Å². The van der Waals surface area contributed by atoms with Crippen molar-refractivity contribution in [3.05, 3.63) is 24.3 Å². The third kappa shape index (κ3) is 9.25. The first-order valence-corrected chi connectivity index (χ1v) is 6.55. The lowest BCUT2D eigenvalue weighted by Crippen LogP contribution is -2.15. The average Bonchev–Trinajstić information content (AvgIpc) is 2.46. The van der Waals surface area contributed by atoms with Gasteiger partial charge < -0.3 is 25.3 Å². The Kier molecular flexibility index (Phi) is 11.6. The largest absolute Gasteiger partial charge is 0.492 e. The van der Waals surface area contributed by atoms with Crippen LogP contribution in [0.15, 0.2) is 24.3 Å². The number of carbonyl (C=O) groups excluding carboxylic acids is 1. The van der Waals surface area contributed by atoms with Crippen molar-refractivity contribution in [1.82, 2.24) is 0 Å². The first kappa shape index (κ1) is 19.7. The number of rotatable bonds is 10. The van der Waals surface area contributed by atoms with Crippen molar-refractivity contribution in [1.29, 1.82) is 0 Å². The lowest BCUT2D eigenvalue weighted by molar-refractivity contribution is -0.117. The molecule has 6 nitrogen and oxygen atoms in total. The van der Waals surface area contributed by atoms with Crippen molar-refractivity contribution in [2.24, 2.45) is 5.73 Å². The van der Waals surface area contributed by atoms with E-state index in [2.05, 4.69) is 5.32 Å². The van der Waals surface area contributed by atoms with Crippen molar-refractivity contribution < 1.29 is 19.0 Å². The maximum atomic E-state index is 11.6. The van der Waals surface area contributed by atoms with Crippen LogP contribution in [0.1, 0.15) is 6.42 Å². The van der Waals surface area contributed by atoms with Crippen LogP contribution in [0.25, 0.3) is 0 Å². The molecule has 120 valence electrons. The lowest BCUT2D eigenvalue weighted by atomic mass is 10.3. The van der Waals surface area contributed by atoms with Crippen LogP contribution in [-0.4, -0.2) is 46.0 Å². The van der Waals surface area contributed by atoms with Crippen LogP contribution in [-0.2, 0) is 14.3 Å². The Hall–Kier alpha value is -1.34. The van der Waals surface area contributed by atoms with Gasteiger partial charge >= 0.3 is 0 Å². The monoisotopic (exact) mass is 318 g/mol. The summed E-state index contributed by atoms with van der Waals surface area (Å²) >= 11 is 0. The topological polar surface area (TPSA) is 82.8 Å². The second-order valence-electron chi connectivity index (χ2n) is 4.06. The van der Waals surface area contributed by atoms with Gasteiger partial charge in [-0.3, -0.25) is 4.79 Å². The summed E-state index contributed by atoms with van der Waals surface area (Å²) in [6, 6.07) is 7.16. The molecule has 0 atom stereocenters. The molecule has 7 heteroatoms. The number of nitrogens with two attached hydrogens (primary N) is 1. The summed E-state index contributed by atoms with van der Waals surface area (Å²) in [5.74, 6) is 0.648. The van der Waals surface area contributed by atoms with Gasteiger partial charge in [-0.1, -0.05) is 0 Å². The van der Waals surface area contributed by atoms with Crippen LogP contribution in [0.2, 0.25) is 0 Å². The minimum Gasteiger partial charge on any atom is -0.492 e. The maximum Gasteiger partial charge on any atom is 0.226 e. The van der Waals surface area contributed by atoms with E-state index in [1.807, 2.05) is 0 Å². The Balaban J connectivity index is 0.00000400. The molecule has 0 aliphatic rings. The second kappa shape index (κ2) is 12.4. The van der Waals surface area contributed by atoms with E-state index in [1.54, 1.807) is 31.4 Å². The smallest absolute Gasteiger partial charge is 0.226 e. The molecule has 0 spiro atoms. The highest BCUT2D eigenvalue weighted by molar-refractivity contribution is 5.90. The summed E-state index contributed by atoms with van der Waals surface area (Å²) in [5.41, 5.74) is 6.08. The Morgan fingerprint density at radius 1 is 1.14 bits per heavy atom. The zero-order chi connectivity index (χ0) is 14.6. The first-order chi connectivity index (χ1) is 9.76. The fraction of sp³-hybridized carbons (Fsp3) is 0.500. The van der Waals surface area contributed by atoms with Gasteiger partial charge in [0, 0.05) is 19.3 Å². The van der Waals surface area contributed by atoms with E-state index in [0.29, 0.717) is 39.4 Å². The van der Waals surface area contributed by atoms with E-state index < -0.39 is 0 Å². The van der Waals surface area contributed by atoms with Crippen LogP contribution in [0.4, 0.5) is 5.69 Å². The van der Waals surface area contributed by atoms with Crippen LogP contribution in [0.3, 0.4) is 0 Å². The molecule has 0 aliphatic heterocycles. The summed E-state index contributed by atoms with van der Waals surface area (Å²) in [7, 11) is 1.61. The lowest BCUT2D eigenvalue weighted by Gasteiger charge is -2.08. The molecule has 1 aromatic carbocycles. The molecule has 0 saturated carbocycles. The number of hydrogen-bond donors (Lipinski definition) is 2. The molecular weight excluding hydrogens is 296 g/mol. The van der Waals surface area contributed by atoms with Gasteiger partial charge in [0.15, 0.2) is 0 Å². The zero-order valence-electron chi connectivity index (χ0n) is 12.2. The summed E-state index contributed by atoms with van der Waals surface area (Å²) in [5, 5.41) is 2.79. The van der Waals surface area contributed by atoms with E-state index >= 15 is 0 Å². The number of amides is 1. The number of carbonyl (C=O) groups is 1. The molecule has 1 amide bonds. The van der Waals surface area contributed by atoms with E-state index in [-0.39, 0.29) is 18.3 Å². The summed E-state index contributed by atoms with van der Waals surface area (Å²) in [6.45, 7) is 2.36.